The molecule has 2 aromatic heterocycles. The normalized spacial score (nSPS) is 11.0. The summed E-state index contributed by atoms with van der Waals surface area (Å²) in [6.07, 6.45) is 5.54. The molecule has 0 fully saturated rings. The number of rotatable bonds is 3. The van der Waals surface area contributed by atoms with Gasteiger partial charge in [-0.1, -0.05) is 42.5 Å². The molecule has 0 aliphatic carbocycles. The summed E-state index contributed by atoms with van der Waals surface area (Å²) in [5.74, 6) is 0.636. The lowest BCUT2D eigenvalue weighted by atomic mass is 10.1. The first kappa shape index (κ1) is 17.9. The average Bonchev–Trinajstić information content (AvgIpc) is 3.19. The summed E-state index contributed by atoms with van der Waals surface area (Å²) in [4.78, 5) is 21.4. The second-order valence-electron chi connectivity index (χ2n) is 7.12. The number of aryl methyl sites for hydroxylation is 1. The third-order valence-corrected chi connectivity index (χ3v) is 5.02. The Bertz CT molecular complexity index is 1360. The standard InChI is InChI=1S/C24H19N5O/c1-16-7-8-19(22-15-29-12-4-11-25-23(29)27-22)14-21(16)28-24(30)26-20-10-9-17-5-2-3-6-18(17)13-20/h2-15H,1H3,(H2,26,28,30). The first-order valence-electron chi connectivity index (χ1n) is 9.63. The summed E-state index contributed by atoms with van der Waals surface area (Å²) in [6, 6.07) is 21.4. The number of carbonyl (C=O) groups excluding carboxylic acids is 1. The summed E-state index contributed by atoms with van der Waals surface area (Å²) in [5, 5.41) is 8.07. The zero-order valence-electron chi connectivity index (χ0n) is 16.3. The van der Waals surface area contributed by atoms with Gasteiger partial charge in [-0.15, -0.1) is 0 Å². The van der Waals surface area contributed by atoms with Crippen molar-refractivity contribution in [2.24, 2.45) is 0 Å². The van der Waals surface area contributed by atoms with Crippen molar-refractivity contribution in [1.82, 2.24) is 14.4 Å². The molecule has 0 spiro atoms. The Labute approximate surface area is 173 Å². The molecule has 6 heteroatoms. The van der Waals surface area contributed by atoms with Crippen molar-refractivity contribution in [1.29, 1.82) is 0 Å². The Hall–Kier alpha value is -4.19. The SMILES string of the molecule is Cc1ccc(-c2cn3cccnc3n2)cc1NC(=O)Nc1ccc2ccccc2c1. The smallest absolute Gasteiger partial charge is 0.308 e. The summed E-state index contributed by atoms with van der Waals surface area (Å²) < 4.78 is 1.87. The van der Waals surface area contributed by atoms with Gasteiger partial charge in [-0.05, 0) is 47.5 Å². The lowest BCUT2D eigenvalue weighted by Gasteiger charge is -2.12. The van der Waals surface area contributed by atoms with Crippen LogP contribution in [0, 0.1) is 6.92 Å². The van der Waals surface area contributed by atoms with E-state index in [2.05, 4.69) is 20.6 Å². The van der Waals surface area contributed by atoms with Gasteiger partial charge in [0.05, 0.1) is 5.69 Å². The molecule has 0 atom stereocenters. The fraction of sp³-hybridized carbons (Fsp3) is 0.0417. The number of hydrogen-bond acceptors (Lipinski definition) is 3. The van der Waals surface area contributed by atoms with E-state index in [4.69, 9.17) is 0 Å². The molecule has 30 heavy (non-hydrogen) atoms. The number of hydrogen-bond donors (Lipinski definition) is 2. The van der Waals surface area contributed by atoms with Crippen LogP contribution in [0.3, 0.4) is 0 Å². The molecule has 146 valence electrons. The number of benzene rings is 3. The summed E-state index contributed by atoms with van der Waals surface area (Å²) in [5.41, 5.74) is 4.15. The fourth-order valence-corrected chi connectivity index (χ4v) is 3.44. The van der Waals surface area contributed by atoms with E-state index in [-0.39, 0.29) is 6.03 Å². The van der Waals surface area contributed by atoms with Crippen LogP contribution in [0.15, 0.2) is 85.3 Å². The number of nitrogens with zero attached hydrogens (tertiary/aromatic N) is 3. The second kappa shape index (κ2) is 7.33. The van der Waals surface area contributed by atoms with Crippen molar-refractivity contribution < 1.29 is 4.79 Å². The minimum absolute atomic E-state index is 0.290. The Kier molecular flexibility index (Phi) is 4.37. The number of anilines is 2. The molecule has 5 aromatic rings. The number of imidazole rings is 1. The van der Waals surface area contributed by atoms with Gasteiger partial charge in [-0.2, -0.15) is 0 Å². The number of aromatic nitrogens is 3. The van der Waals surface area contributed by atoms with Gasteiger partial charge in [0.25, 0.3) is 0 Å². The van der Waals surface area contributed by atoms with Crippen LogP contribution in [0.1, 0.15) is 5.56 Å². The number of nitrogens with one attached hydrogen (secondary N) is 2. The highest BCUT2D eigenvalue weighted by molar-refractivity contribution is 6.02. The number of fused-ring (bicyclic) bond motifs is 2. The van der Waals surface area contributed by atoms with E-state index < -0.39 is 0 Å². The molecule has 5 rings (SSSR count). The van der Waals surface area contributed by atoms with Crippen LogP contribution in [-0.4, -0.2) is 20.4 Å². The van der Waals surface area contributed by atoms with Crippen LogP contribution in [0.2, 0.25) is 0 Å². The predicted molar refractivity (Wildman–Crippen MR) is 120 cm³/mol. The van der Waals surface area contributed by atoms with Crippen LogP contribution in [0.4, 0.5) is 16.2 Å². The number of amides is 2. The highest BCUT2D eigenvalue weighted by Gasteiger charge is 2.10. The van der Waals surface area contributed by atoms with E-state index in [1.54, 1.807) is 6.20 Å². The summed E-state index contributed by atoms with van der Waals surface area (Å²) in [7, 11) is 0. The Morgan fingerprint density at radius 2 is 1.80 bits per heavy atom. The van der Waals surface area contributed by atoms with Gasteiger partial charge in [0.1, 0.15) is 0 Å². The van der Waals surface area contributed by atoms with E-state index in [1.165, 1.54) is 0 Å². The number of urea groups is 1. The number of carbonyl (C=O) groups is 1. The van der Waals surface area contributed by atoms with Gasteiger partial charge >= 0.3 is 6.03 Å². The quantitative estimate of drug-likeness (QED) is 0.425. The van der Waals surface area contributed by atoms with Crippen molar-refractivity contribution in [3.8, 4) is 11.3 Å². The van der Waals surface area contributed by atoms with Crippen molar-refractivity contribution in [2.75, 3.05) is 10.6 Å². The largest absolute Gasteiger partial charge is 0.323 e. The first-order chi connectivity index (χ1) is 14.7. The second-order valence-corrected chi connectivity index (χ2v) is 7.12. The van der Waals surface area contributed by atoms with Crippen LogP contribution in [0.5, 0.6) is 0 Å². The Balaban J connectivity index is 1.38. The Morgan fingerprint density at radius 3 is 2.67 bits per heavy atom. The maximum Gasteiger partial charge on any atom is 0.323 e. The topological polar surface area (TPSA) is 71.3 Å². The van der Waals surface area contributed by atoms with E-state index in [0.717, 1.165) is 39.0 Å². The van der Waals surface area contributed by atoms with Crippen LogP contribution >= 0.6 is 0 Å². The van der Waals surface area contributed by atoms with Crippen molar-refractivity contribution in [2.45, 2.75) is 6.92 Å². The molecule has 2 amide bonds. The Morgan fingerprint density at radius 1 is 0.933 bits per heavy atom. The molecule has 0 unspecified atom stereocenters. The van der Waals surface area contributed by atoms with E-state index in [9.17, 15) is 4.79 Å². The lowest BCUT2D eigenvalue weighted by Crippen LogP contribution is -2.20. The third kappa shape index (κ3) is 3.46. The molecule has 2 N–H and O–H groups in total. The minimum Gasteiger partial charge on any atom is -0.308 e. The molecule has 0 saturated carbocycles. The minimum atomic E-state index is -0.290. The lowest BCUT2D eigenvalue weighted by molar-refractivity contribution is 0.262. The zero-order valence-corrected chi connectivity index (χ0v) is 16.3. The molecule has 0 aliphatic rings. The molecule has 0 radical (unpaired) electrons. The maximum atomic E-state index is 12.6. The van der Waals surface area contributed by atoms with Crippen molar-refractivity contribution in [3.63, 3.8) is 0 Å². The molecule has 6 nitrogen and oxygen atoms in total. The van der Waals surface area contributed by atoms with E-state index in [1.807, 2.05) is 90.4 Å². The molecule has 2 heterocycles. The van der Waals surface area contributed by atoms with Crippen molar-refractivity contribution in [3.05, 3.63) is 90.9 Å². The van der Waals surface area contributed by atoms with E-state index >= 15 is 0 Å². The van der Waals surface area contributed by atoms with Gasteiger partial charge in [0.2, 0.25) is 5.78 Å². The van der Waals surface area contributed by atoms with Crippen LogP contribution in [-0.2, 0) is 0 Å². The fourth-order valence-electron chi connectivity index (χ4n) is 3.44. The third-order valence-electron chi connectivity index (χ3n) is 5.02. The highest BCUT2D eigenvalue weighted by Crippen LogP contribution is 2.25. The first-order valence-corrected chi connectivity index (χ1v) is 9.63. The molecule has 3 aromatic carbocycles. The summed E-state index contributed by atoms with van der Waals surface area (Å²) in [6.45, 7) is 1.96. The van der Waals surface area contributed by atoms with Gasteiger partial charge < -0.3 is 10.6 Å². The average molecular weight is 393 g/mol. The molecular formula is C24H19N5O. The predicted octanol–water partition coefficient (Wildman–Crippen LogP) is 5.50. The molecule has 0 saturated heterocycles. The summed E-state index contributed by atoms with van der Waals surface area (Å²) >= 11 is 0. The van der Waals surface area contributed by atoms with Crippen LogP contribution in [0.25, 0.3) is 27.8 Å². The zero-order chi connectivity index (χ0) is 20.5. The van der Waals surface area contributed by atoms with Gasteiger partial charge in [-0.25, -0.2) is 14.8 Å². The highest BCUT2D eigenvalue weighted by atomic mass is 16.2. The van der Waals surface area contributed by atoms with Gasteiger partial charge in [-0.3, -0.25) is 4.40 Å². The van der Waals surface area contributed by atoms with E-state index in [0.29, 0.717) is 5.78 Å². The molecule has 0 bridgehead atoms. The monoisotopic (exact) mass is 393 g/mol. The van der Waals surface area contributed by atoms with Crippen LogP contribution < -0.4 is 10.6 Å². The van der Waals surface area contributed by atoms with Crippen molar-refractivity contribution >= 4 is 34.0 Å². The molecule has 0 aliphatic heterocycles. The maximum absolute atomic E-state index is 12.6. The van der Waals surface area contributed by atoms with Gasteiger partial charge in [0.15, 0.2) is 0 Å². The molecular weight excluding hydrogens is 374 g/mol. The van der Waals surface area contributed by atoms with Gasteiger partial charge in [0, 0.05) is 35.5 Å².